The molecule has 3 N–H and O–H groups in total. The number of aromatic nitrogens is 2. The van der Waals surface area contributed by atoms with Crippen molar-refractivity contribution in [1.82, 2.24) is 15.5 Å². The Bertz CT molecular complexity index is 578. The van der Waals surface area contributed by atoms with Gasteiger partial charge >= 0.3 is 0 Å². The number of nitrogens with one attached hydrogen (secondary N) is 2. The van der Waals surface area contributed by atoms with Crippen LogP contribution >= 0.6 is 0 Å². The molecule has 0 saturated carbocycles. The predicted molar refractivity (Wildman–Crippen MR) is 81.2 cm³/mol. The van der Waals surface area contributed by atoms with Crippen LogP contribution in [0, 0.1) is 0 Å². The van der Waals surface area contributed by atoms with E-state index in [0.717, 1.165) is 11.3 Å². The van der Waals surface area contributed by atoms with Gasteiger partial charge in [0.1, 0.15) is 5.69 Å². The molecule has 0 aliphatic rings. The largest absolute Gasteiger partial charge is 0.394 e. The molecule has 0 unspecified atom stereocenters. The van der Waals surface area contributed by atoms with Crippen LogP contribution in [0.3, 0.4) is 0 Å². The van der Waals surface area contributed by atoms with Gasteiger partial charge in [0.25, 0.3) is 5.91 Å². The molecule has 2 aromatic rings. The lowest BCUT2D eigenvalue weighted by Crippen LogP contribution is -2.39. The first kappa shape index (κ1) is 15.3. The number of carbonyl (C=O) groups excluding carboxylic acids is 1. The molecule has 0 saturated heterocycles. The van der Waals surface area contributed by atoms with E-state index < -0.39 is 0 Å². The molecule has 1 amide bonds. The average Bonchev–Trinajstić information content (AvgIpc) is 2.97. The van der Waals surface area contributed by atoms with Gasteiger partial charge in [0.05, 0.1) is 12.6 Å². The summed E-state index contributed by atoms with van der Waals surface area (Å²) in [5.41, 5.74) is 2.34. The van der Waals surface area contributed by atoms with Crippen LogP contribution in [0.4, 0.5) is 0 Å². The SMILES string of the molecule is CC(C)c1cc(C(=O)N[C@H](CO)Cc2ccccc2)n[nH]1. The van der Waals surface area contributed by atoms with E-state index in [9.17, 15) is 9.90 Å². The Kier molecular flexibility index (Phi) is 5.11. The van der Waals surface area contributed by atoms with Crippen molar-refractivity contribution in [1.29, 1.82) is 0 Å². The molecule has 1 atom stereocenters. The van der Waals surface area contributed by atoms with Gasteiger partial charge in [0.15, 0.2) is 0 Å². The van der Waals surface area contributed by atoms with Crippen LogP contribution in [0.25, 0.3) is 0 Å². The van der Waals surface area contributed by atoms with Crippen molar-refractivity contribution < 1.29 is 9.90 Å². The highest BCUT2D eigenvalue weighted by atomic mass is 16.3. The molecule has 0 spiro atoms. The van der Waals surface area contributed by atoms with Crippen molar-refractivity contribution in [2.75, 3.05) is 6.61 Å². The van der Waals surface area contributed by atoms with Gasteiger partial charge in [-0.25, -0.2) is 0 Å². The lowest BCUT2D eigenvalue weighted by Gasteiger charge is -2.15. The van der Waals surface area contributed by atoms with E-state index >= 15 is 0 Å². The summed E-state index contributed by atoms with van der Waals surface area (Å²) in [6, 6.07) is 11.2. The molecule has 0 radical (unpaired) electrons. The monoisotopic (exact) mass is 287 g/mol. The van der Waals surface area contributed by atoms with Crippen molar-refractivity contribution >= 4 is 5.91 Å². The molecule has 2 rings (SSSR count). The minimum Gasteiger partial charge on any atom is -0.394 e. The quantitative estimate of drug-likeness (QED) is 0.759. The molecule has 0 fully saturated rings. The van der Waals surface area contributed by atoms with E-state index in [2.05, 4.69) is 15.5 Å². The molecule has 5 heteroatoms. The zero-order valence-electron chi connectivity index (χ0n) is 12.3. The molecule has 1 aromatic heterocycles. The van der Waals surface area contributed by atoms with Gasteiger partial charge in [0.2, 0.25) is 0 Å². The lowest BCUT2D eigenvalue weighted by molar-refractivity contribution is 0.0911. The fourth-order valence-electron chi connectivity index (χ4n) is 2.07. The van der Waals surface area contributed by atoms with Crippen LogP contribution in [0.2, 0.25) is 0 Å². The highest BCUT2D eigenvalue weighted by Gasteiger charge is 2.16. The number of nitrogens with zero attached hydrogens (tertiary/aromatic N) is 1. The summed E-state index contributed by atoms with van der Waals surface area (Å²) < 4.78 is 0. The smallest absolute Gasteiger partial charge is 0.272 e. The first-order valence-corrected chi connectivity index (χ1v) is 7.11. The second kappa shape index (κ2) is 7.04. The summed E-state index contributed by atoms with van der Waals surface area (Å²) in [5, 5.41) is 19.1. The number of benzene rings is 1. The van der Waals surface area contributed by atoms with Gasteiger partial charge < -0.3 is 10.4 Å². The second-order valence-electron chi connectivity index (χ2n) is 5.41. The molecular formula is C16H21N3O2. The number of aliphatic hydroxyl groups excluding tert-OH is 1. The third-order valence-electron chi connectivity index (χ3n) is 3.33. The second-order valence-corrected chi connectivity index (χ2v) is 5.41. The van der Waals surface area contributed by atoms with E-state index in [1.807, 2.05) is 44.2 Å². The van der Waals surface area contributed by atoms with Crippen molar-refractivity contribution in [3.63, 3.8) is 0 Å². The maximum Gasteiger partial charge on any atom is 0.272 e. The van der Waals surface area contributed by atoms with Gasteiger partial charge in [-0.3, -0.25) is 9.89 Å². The van der Waals surface area contributed by atoms with Crippen molar-refractivity contribution in [3.8, 4) is 0 Å². The lowest BCUT2D eigenvalue weighted by atomic mass is 10.1. The molecule has 1 heterocycles. The molecule has 0 aliphatic heterocycles. The molecule has 1 aromatic carbocycles. The van der Waals surface area contributed by atoms with Crippen LogP contribution in [0.15, 0.2) is 36.4 Å². The van der Waals surface area contributed by atoms with E-state index in [1.54, 1.807) is 6.07 Å². The van der Waals surface area contributed by atoms with Gasteiger partial charge in [-0.05, 0) is 24.0 Å². The first-order valence-electron chi connectivity index (χ1n) is 7.11. The summed E-state index contributed by atoms with van der Waals surface area (Å²) in [6.45, 7) is 3.95. The summed E-state index contributed by atoms with van der Waals surface area (Å²) in [7, 11) is 0. The maximum absolute atomic E-state index is 12.1. The van der Waals surface area contributed by atoms with Crippen molar-refractivity contribution in [2.24, 2.45) is 0 Å². The Morgan fingerprint density at radius 2 is 2.05 bits per heavy atom. The first-order chi connectivity index (χ1) is 10.1. The number of carbonyl (C=O) groups is 1. The number of hydrogen-bond donors (Lipinski definition) is 3. The normalized spacial score (nSPS) is 12.4. The summed E-state index contributed by atoms with van der Waals surface area (Å²) in [4.78, 5) is 12.1. The molecular weight excluding hydrogens is 266 g/mol. The molecule has 0 bridgehead atoms. The fourth-order valence-corrected chi connectivity index (χ4v) is 2.07. The number of rotatable bonds is 6. The topological polar surface area (TPSA) is 78.0 Å². The standard InChI is InChI=1S/C16H21N3O2/c1-11(2)14-9-15(19-18-14)16(21)17-13(10-20)8-12-6-4-3-5-7-12/h3-7,9,11,13,20H,8,10H2,1-2H3,(H,17,21)(H,18,19)/t13-/m0/s1. The number of amides is 1. The van der Waals surface area contributed by atoms with Crippen LogP contribution in [-0.2, 0) is 6.42 Å². The Labute approximate surface area is 124 Å². The van der Waals surface area contributed by atoms with Gasteiger partial charge in [-0.2, -0.15) is 5.10 Å². The summed E-state index contributed by atoms with van der Waals surface area (Å²) in [6.07, 6.45) is 0.588. The zero-order valence-corrected chi connectivity index (χ0v) is 12.3. The third-order valence-corrected chi connectivity index (χ3v) is 3.33. The van der Waals surface area contributed by atoms with Crippen LogP contribution in [0.1, 0.15) is 41.5 Å². The van der Waals surface area contributed by atoms with E-state index in [-0.39, 0.29) is 24.5 Å². The molecule has 5 nitrogen and oxygen atoms in total. The summed E-state index contributed by atoms with van der Waals surface area (Å²) >= 11 is 0. The molecule has 21 heavy (non-hydrogen) atoms. The van der Waals surface area contributed by atoms with Gasteiger partial charge in [0, 0.05) is 5.69 Å². The number of aliphatic hydroxyl groups is 1. The van der Waals surface area contributed by atoms with Crippen LogP contribution < -0.4 is 5.32 Å². The number of aromatic amines is 1. The van der Waals surface area contributed by atoms with Crippen LogP contribution in [-0.4, -0.2) is 33.9 Å². The maximum atomic E-state index is 12.1. The predicted octanol–water partition coefficient (Wildman–Crippen LogP) is 1.87. The van der Waals surface area contributed by atoms with Crippen LogP contribution in [0.5, 0.6) is 0 Å². The van der Waals surface area contributed by atoms with Gasteiger partial charge in [-0.15, -0.1) is 0 Å². The Hall–Kier alpha value is -2.14. The van der Waals surface area contributed by atoms with Crippen molar-refractivity contribution in [3.05, 3.63) is 53.3 Å². The Balaban J connectivity index is 1.99. The van der Waals surface area contributed by atoms with Gasteiger partial charge in [-0.1, -0.05) is 44.2 Å². The average molecular weight is 287 g/mol. The minimum atomic E-state index is -0.320. The Morgan fingerprint density at radius 3 is 2.62 bits per heavy atom. The number of hydrogen-bond acceptors (Lipinski definition) is 3. The molecule has 112 valence electrons. The third kappa shape index (κ3) is 4.16. The van der Waals surface area contributed by atoms with E-state index in [1.165, 1.54) is 0 Å². The van der Waals surface area contributed by atoms with E-state index in [4.69, 9.17) is 0 Å². The fraction of sp³-hybridized carbons (Fsp3) is 0.375. The van der Waals surface area contributed by atoms with E-state index in [0.29, 0.717) is 12.1 Å². The highest BCUT2D eigenvalue weighted by molar-refractivity contribution is 5.92. The van der Waals surface area contributed by atoms with Crippen molar-refractivity contribution in [2.45, 2.75) is 32.2 Å². The summed E-state index contributed by atoms with van der Waals surface area (Å²) in [5.74, 6) is 0.0186. The number of H-pyrrole nitrogens is 1. The zero-order chi connectivity index (χ0) is 15.2. The molecule has 0 aliphatic carbocycles. The highest BCUT2D eigenvalue weighted by Crippen LogP contribution is 2.12. The Morgan fingerprint density at radius 1 is 1.33 bits per heavy atom. The minimum absolute atomic E-state index is 0.109.